The molecular formula is C11H14N2OS. The highest BCUT2D eigenvalue weighted by atomic mass is 32.1. The minimum absolute atomic E-state index is 0.242. The zero-order valence-corrected chi connectivity index (χ0v) is 9.67. The fourth-order valence-electron chi connectivity index (χ4n) is 1.32. The third-order valence-electron chi connectivity index (χ3n) is 2.35. The van der Waals surface area contributed by atoms with Crippen molar-refractivity contribution in [1.29, 1.82) is 0 Å². The van der Waals surface area contributed by atoms with Crippen molar-refractivity contribution in [2.75, 3.05) is 7.05 Å². The Morgan fingerprint density at radius 2 is 2.47 bits per heavy atom. The van der Waals surface area contributed by atoms with Crippen LogP contribution in [-0.2, 0) is 6.42 Å². The molecule has 0 saturated heterocycles. The van der Waals surface area contributed by atoms with Crippen molar-refractivity contribution in [3.8, 4) is 0 Å². The highest BCUT2D eigenvalue weighted by Crippen LogP contribution is 2.16. The Hall–Kier alpha value is -1.13. The molecule has 0 bridgehead atoms. The van der Waals surface area contributed by atoms with Gasteiger partial charge >= 0.3 is 0 Å². The zero-order chi connectivity index (χ0) is 10.7. The SMILES string of the molecule is CNC(C)c1coc(Cc2cccs2)n1. The molecule has 0 aromatic carbocycles. The van der Waals surface area contributed by atoms with Gasteiger partial charge in [-0.15, -0.1) is 11.3 Å². The van der Waals surface area contributed by atoms with E-state index in [1.807, 2.05) is 13.1 Å². The van der Waals surface area contributed by atoms with E-state index < -0.39 is 0 Å². The van der Waals surface area contributed by atoms with E-state index in [1.165, 1.54) is 4.88 Å². The molecular weight excluding hydrogens is 208 g/mol. The van der Waals surface area contributed by atoms with Crippen molar-refractivity contribution < 1.29 is 4.42 Å². The minimum atomic E-state index is 0.242. The van der Waals surface area contributed by atoms with Gasteiger partial charge in [0, 0.05) is 10.9 Å². The van der Waals surface area contributed by atoms with Crippen LogP contribution in [0.3, 0.4) is 0 Å². The van der Waals surface area contributed by atoms with Crippen molar-refractivity contribution in [3.05, 3.63) is 40.2 Å². The van der Waals surface area contributed by atoms with Crippen molar-refractivity contribution >= 4 is 11.3 Å². The van der Waals surface area contributed by atoms with Gasteiger partial charge in [0.1, 0.15) is 6.26 Å². The fraction of sp³-hybridized carbons (Fsp3) is 0.364. The second kappa shape index (κ2) is 4.59. The first-order valence-electron chi connectivity index (χ1n) is 4.93. The number of rotatable bonds is 4. The van der Waals surface area contributed by atoms with Crippen LogP contribution in [0.4, 0.5) is 0 Å². The molecule has 0 saturated carbocycles. The third kappa shape index (κ3) is 2.46. The Morgan fingerprint density at radius 3 is 3.13 bits per heavy atom. The number of oxazole rings is 1. The highest BCUT2D eigenvalue weighted by molar-refractivity contribution is 7.09. The summed E-state index contributed by atoms with van der Waals surface area (Å²) in [5.74, 6) is 0.787. The van der Waals surface area contributed by atoms with Gasteiger partial charge in [0.05, 0.1) is 12.1 Å². The molecule has 3 nitrogen and oxygen atoms in total. The van der Waals surface area contributed by atoms with E-state index in [2.05, 4.69) is 28.7 Å². The van der Waals surface area contributed by atoms with Gasteiger partial charge in [-0.05, 0) is 25.4 Å². The summed E-state index contributed by atoms with van der Waals surface area (Å²) in [6.45, 7) is 2.06. The molecule has 0 amide bonds. The lowest BCUT2D eigenvalue weighted by Gasteiger charge is -2.03. The Kier molecular flexibility index (Phi) is 3.18. The quantitative estimate of drug-likeness (QED) is 0.864. The van der Waals surface area contributed by atoms with Gasteiger partial charge in [-0.25, -0.2) is 4.98 Å². The second-order valence-electron chi connectivity index (χ2n) is 3.43. The van der Waals surface area contributed by atoms with Crippen molar-refractivity contribution in [1.82, 2.24) is 10.3 Å². The number of hydrogen-bond acceptors (Lipinski definition) is 4. The van der Waals surface area contributed by atoms with Crippen LogP contribution in [-0.4, -0.2) is 12.0 Å². The first kappa shape index (κ1) is 10.4. The highest BCUT2D eigenvalue weighted by Gasteiger charge is 2.09. The van der Waals surface area contributed by atoms with Crippen LogP contribution in [0.2, 0.25) is 0 Å². The molecule has 1 unspecified atom stereocenters. The zero-order valence-electron chi connectivity index (χ0n) is 8.86. The smallest absolute Gasteiger partial charge is 0.199 e. The van der Waals surface area contributed by atoms with Crippen molar-refractivity contribution in [2.24, 2.45) is 0 Å². The predicted molar refractivity (Wildman–Crippen MR) is 61.1 cm³/mol. The molecule has 0 fully saturated rings. The van der Waals surface area contributed by atoms with Gasteiger partial charge in [0.25, 0.3) is 0 Å². The van der Waals surface area contributed by atoms with Gasteiger partial charge in [-0.3, -0.25) is 0 Å². The number of hydrogen-bond donors (Lipinski definition) is 1. The number of aromatic nitrogens is 1. The van der Waals surface area contributed by atoms with Crippen LogP contribution < -0.4 is 5.32 Å². The molecule has 1 N–H and O–H groups in total. The average molecular weight is 222 g/mol. The lowest BCUT2D eigenvalue weighted by atomic mass is 10.3. The van der Waals surface area contributed by atoms with Gasteiger partial charge in [0.2, 0.25) is 0 Å². The molecule has 2 aromatic heterocycles. The lowest BCUT2D eigenvalue weighted by molar-refractivity contribution is 0.506. The maximum absolute atomic E-state index is 5.42. The topological polar surface area (TPSA) is 38.1 Å². The summed E-state index contributed by atoms with van der Waals surface area (Å²) in [7, 11) is 1.91. The normalized spacial score (nSPS) is 12.9. The maximum Gasteiger partial charge on any atom is 0.199 e. The van der Waals surface area contributed by atoms with Gasteiger partial charge in [-0.1, -0.05) is 6.07 Å². The third-order valence-corrected chi connectivity index (χ3v) is 3.23. The summed E-state index contributed by atoms with van der Waals surface area (Å²) in [5, 5.41) is 5.20. The maximum atomic E-state index is 5.42. The summed E-state index contributed by atoms with van der Waals surface area (Å²) in [4.78, 5) is 5.71. The summed E-state index contributed by atoms with van der Waals surface area (Å²) < 4.78 is 5.42. The van der Waals surface area contributed by atoms with Crippen molar-refractivity contribution in [2.45, 2.75) is 19.4 Å². The molecule has 1 atom stereocenters. The summed E-state index contributed by atoms with van der Waals surface area (Å²) in [6, 6.07) is 4.38. The van der Waals surface area contributed by atoms with E-state index >= 15 is 0 Å². The van der Waals surface area contributed by atoms with Crippen LogP contribution in [0.25, 0.3) is 0 Å². The van der Waals surface area contributed by atoms with E-state index in [0.29, 0.717) is 0 Å². The Balaban J connectivity index is 2.07. The summed E-state index contributed by atoms with van der Waals surface area (Å²) >= 11 is 1.73. The van der Waals surface area contributed by atoms with E-state index in [0.717, 1.165) is 18.0 Å². The lowest BCUT2D eigenvalue weighted by Crippen LogP contribution is -2.12. The van der Waals surface area contributed by atoms with Gasteiger partial charge in [0.15, 0.2) is 5.89 Å². The molecule has 15 heavy (non-hydrogen) atoms. The average Bonchev–Trinajstić information content (AvgIpc) is 2.88. The Bertz CT molecular complexity index is 408. The molecule has 80 valence electrons. The monoisotopic (exact) mass is 222 g/mol. The summed E-state index contributed by atoms with van der Waals surface area (Å²) in [6.07, 6.45) is 2.51. The van der Waals surface area contributed by atoms with Crippen LogP contribution in [0.15, 0.2) is 28.2 Å². The standard InChI is InChI=1S/C11H14N2OS/c1-8(12-2)10-7-14-11(13-10)6-9-4-3-5-15-9/h3-5,7-8,12H,6H2,1-2H3. The van der Waals surface area contributed by atoms with E-state index in [4.69, 9.17) is 4.42 Å². The largest absolute Gasteiger partial charge is 0.448 e. The Labute approximate surface area is 93.2 Å². The minimum Gasteiger partial charge on any atom is -0.448 e. The first-order chi connectivity index (χ1) is 7.29. The number of thiophene rings is 1. The molecule has 2 rings (SSSR count). The predicted octanol–water partition coefficient (Wildman–Crippen LogP) is 2.61. The molecule has 0 spiro atoms. The van der Waals surface area contributed by atoms with Gasteiger partial charge < -0.3 is 9.73 Å². The number of nitrogens with zero attached hydrogens (tertiary/aromatic N) is 1. The van der Waals surface area contributed by atoms with Crippen LogP contribution in [0, 0.1) is 0 Å². The summed E-state index contributed by atoms with van der Waals surface area (Å²) in [5.41, 5.74) is 0.962. The van der Waals surface area contributed by atoms with Crippen molar-refractivity contribution in [3.63, 3.8) is 0 Å². The van der Waals surface area contributed by atoms with Gasteiger partial charge in [-0.2, -0.15) is 0 Å². The second-order valence-corrected chi connectivity index (χ2v) is 4.46. The molecule has 4 heteroatoms. The van der Waals surface area contributed by atoms with E-state index in [-0.39, 0.29) is 6.04 Å². The fourth-order valence-corrected chi connectivity index (χ4v) is 2.01. The molecule has 0 radical (unpaired) electrons. The van der Waals surface area contributed by atoms with Crippen LogP contribution >= 0.6 is 11.3 Å². The molecule has 2 heterocycles. The Morgan fingerprint density at radius 1 is 1.60 bits per heavy atom. The van der Waals surface area contributed by atoms with E-state index in [9.17, 15) is 0 Å². The molecule has 2 aromatic rings. The molecule has 0 aliphatic carbocycles. The van der Waals surface area contributed by atoms with Crippen LogP contribution in [0.5, 0.6) is 0 Å². The number of nitrogens with one attached hydrogen (secondary N) is 1. The van der Waals surface area contributed by atoms with Crippen LogP contribution in [0.1, 0.15) is 29.4 Å². The first-order valence-corrected chi connectivity index (χ1v) is 5.81. The van der Waals surface area contributed by atoms with E-state index in [1.54, 1.807) is 17.6 Å². The molecule has 0 aliphatic rings. The molecule has 0 aliphatic heterocycles.